The second-order valence-corrected chi connectivity index (χ2v) is 8.13. The summed E-state index contributed by atoms with van der Waals surface area (Å²) in [4.78, 5) is 43.7. The standard InChI is InChI=1S/C22H29N3O4/c1-29-18-8-6-16(7-9-18)21(27)25-13-2-4-19(25)22(28)23-14-10-17(11-15-23)24-12-3-5-20(24)26/h6-9,17,19H,2-5,10-15H2,1H3. The normalized spacial score (nSPS) is 23.0. The fourth-order valence-corrected chi connectivity index (χ4v) is 4.83. The maximum Gasteiger partial charge on any atom is 0.254 e. The Hall–Kier alpha value is -2.57. The largest absolute Gasteiger partial charge is 0.497 e. The van der Waals surface area contributed by atoms with E-state index in [1.54, 1.807) is 36.3 Å². The summed E-state index contributed by atoms with van der Waals surface area (Å²) in [5, 5.41) is 0. The molecule has 1 aromatic carbocycles. The number of ether oxygens (including phenoxy) is 1. The van der Waals surface area contributed by atoms with Crippen molar-refractivity contribution in [3.8, 4) is 5.75 Å². The Morgan fingerprint density at radius 2 is 1.69 bits per heavy atom. The molecule has 0 aliphatic carbocycles. The molecular formula is C22H29N3O4. The molecule has 0 radical (unpaired) electrons. The van der Waals surface area contributed by atoms with Crippen molar-refractivity contribution in [1.29, 1.82) is 0 Å². The highest BCUT2D eigenvalue weighted by molar-refractivity contribution is 5.98. The van der Waals surface area contributed by atoms with E-state index >= 15 is 0 Å². The fraction of sp³-hybridized carbons (Fsp3) is 0.591. The third kappa shape index (κ3) is 3.95. The number of methoxy groups -OCH3 is 1. The van der Waals surface area contributed by atoms with E-state index in [1.807, 2.05) is 9.80 Å². The zero-order valence-electron chi connectivity index (χ0n) is 17.0. The molecule has 3 saturated heterocycles. The summed E-state index contributed by atoms with van der Waals surface area (Å²) in [6.07, 6.45) is 4.82. The lowest BCUT2D eigenvalue weighted by molar-refractivity contribution is -0.137. The molecule has 1 atom stereocenters. The number of likely N-dealkylation sites (tertiary alicyclic amines) is 3. The van der Waals surface area contributed by atoms with Crippen molar-refractivity contribution in [2.45, 2.75) is 50.6 Å². The molecule has 0 saturated carbocycles. The predicted octanol–water partition coefficient (Wildman–Crippen LogP) is 1.91. The van der Waals surface area contributed by atoms with Crippen molar-refractivity contribution < 1.29 is 19.1 Å². The van der Waals surface area contributed by atoms with Crippen LogP contribution in [-0.4, -0.2) is 77.8 Å². The first kappa shape index (κ1) is 19.7. The van der Waals surface area contributed by atoms with Crippen molar-refractivity contribution in [3.63, 3.8) is 0 Å². The highest BCUT2D eigenvalue weighted by Crippen LogP contribution is 2.26. The number of carbonyl (C=O) groups excluding carboxylic acids is 3. The molecular weight excluding hydrogens is 370 g/mol. The van der Waals surface area contributed by atoms with Crippen LogP contribution in [0.3, 0.4) is 0 Å². The SMILES string of the molecule is COc1ccc(C(=O)N2CCCC2C(=O)N2CCC(N3CCCC3=O)CC2)cc1. The number of benzene rings is 1. The van der Waals surface area contributed by atoms with Crippen molar-refractivity contribution in [2.75, 3.05) is 33.3 Å². The topological polar surface area (TPSA) is 70.2 Å². The van der Waals surface area contributed by atoms with Crippen LogP contribution >= 0.6 is 0 Å². The van der Waals surface area contributed by atoms with Crippen LogP contribution in [-0.2, 0) is 9.59 Å². The summed E-state index contributed by atoms with van der Waals surface area (Å²) in [5.41, 5.74) is 0.580. The molecule has 3 heterocycles. The molecule has 7 heteroatoms. The summed E-state index contributed by atoms with van der Waals surface area (Å²) in [6.45, 7) is 2.78. The van der Waals surface area contributed by atoms with Crippen LogP contribution in [0, 0.1) is 0 Å². The molecule has 0 N–H and O–H groups in total. The van der Waals surface area contributed by atoms with Gasteiger partial charge < -0.3 is 19.4 Å². The first-order valence-electron chi connectivity index (χ1n) is 10.6. The fourth-order valence-electron chi connectivity index (χ4n) is 4.83. The van der Waals surface area contributed by atoms with E-state index in [1.165, 1.54) is 0 Å². The maximum atomic E-state index is 13.2. The second-order valence-electron chi connectivity index (χ2n) is 8.13. The monoisotopic (exact) mass is 399 g/mol. The molecule has 4 rings (SSSR count). The quantitative estimate of drug-likeness (QED) is 0.776. The minimum absolute atomic E-state index is 0.0514. The number of piperidine rings is 1. The van der Waals surface area contributed by atoms with E-state index in [4.69, 9.17) is 4.74 Å². The van der Waals surface area contributed by atoms with Crippen molar-refractivity contribution in [1.82, 2.24) is 14.7 Å². The van der Waals surface area contributed by atoms with Crippen LogP contribution in [0.1, 0.15) is 48.9 Å². The van der Waals surface area contributed by atoms with Gasteiger partial charge >= 0.3 is 0 Å². The first-order chi connectivity index (χ1) is 14.1. The van der Waals surface area contributed by atoms with Crippen molar-refractivity contribution >= 4 is 17.7 Å². The van der Waals surface area contributed by atoms with E-state index in [0.29, 0.717) is 43.8 Å². The van der Waals surface area contributed by atoms with Gasteiger partial charge in [-0.2, -0.15) is 0 Å². The Morgan fingerprint density at radius 1 is 0.966 bits per heavy atom. The summed E-state index contributed by atoms with van der Waals surface area (Å²) in [5.74, 6) is 0.911. The van der Waals surface area contributed by atoms with Crippen molar-refractivity contribution in [2.24, 2.45) is 0 Å². The van der Waals surface area contributed by atoms with Gasteiger partial charge in [0, 0.05) is 44.2 Å². The molecule has 3 aliphatic rings. The van der Waals surface area contributed by atoms with Crippen molar-refractivity contribution in [3.05, 3.63) is 29.8 Å². The molecule has 0 spiro atoms. The number of carbonyl (C=O) groups is 3. The van der Waals surface area contributed by atoms with Gasteiger partial charge in [0.2, 0.25) is 11.8 Å². The molecule has 3 aliphatic heterocycles. The van der Waals surface area contributed by atoms with Gasteiger partial charge in [0.1, 0.15) is 11.8 Å². The van der Waals surface area contributed by atoms with E-state index in [9.17, 15) is 14.4 Å². The summed E-state index contributed by atoms with van der Waals surface area (Å²) in [6, 6.07) is 6.91. The third-order valence-corrected chi connectivity index (χ3v) is 6.46. The first-order valence-corrected chi connectivity index (χ1v) is 10.6. The van der Waals surface area contributed by atoms with Crippen LogP contribution in [0.25, 0.3) is 0 Å². The van der Waals surface area contributed by atoms with Crippen LogP contribution in [0.5, 0.6) is 5.75 Å². The molecule has 0 aromatic heterocycles. The average Bonchev–Trinajstić information content (AvgIpc) is 3.42. The predicted molar refractivity (Wildman–Crippen MR) is 108 cm³/mol. The van der Waals surface area contributed by atoms with Gasteiger partial charge in [0.05, 0.1) is 7.11 Å². The lowest BCUT2D eigenvalue weighted by Crippen LogP contribution is -2.52. The Kier molecular flexibility index (Phi) is 5.74. The molecule has 3 amide bonds. The summed E-state index contributed by atoms with van der Waals surface area (Å²) in [7, 11) is 1.59. The number of amides is 3. The van der Waals surface area contributed by atoms with Crippen LogP contribution < -0.4 is 4.74 Å². The number of hydrogen-bond acceptors (Lipinski definition) is 4. The minimum atomic E-state index is -0.380. The highest BCUT2D eigenvalue weighted by Gasteiger charge is 2.39. The van der Waals surface area contributed by atoms with Gasteiger partial charge in [-0.25, -0.2) is 0 Å². The van der Waals surface area contributed by atoms with E-state index < -0.39 is 0 Å². The molecule has 1 unspecified atom stereocenters. The lowest BCUT2D eigenvalue weighted by Gasteiger charge is -2.38. The molecule has 156 valence electrons. The molecule has 29 heavy (non-hydrogen) atoms. The van der Waals surface area contributed by atoms with E-state index in [2.05, 4.69) is 0 Å². The zero-order chi connectivity index (χ0) is 20.4. The highest BCUT2D eigenvalue weighted by atomic mass is 16.5. The van der Waals surface area contributed by atoms with Crippen LogP contribution in [0.15, 0.2) is 24.3 Å². The van der Waals surface area contributed by atoms with Gasteiger partial charge in [-0.05, 0) is 56.4 Å². The third-order valence-electron chi connectivity index (χ3n) is 6.46. The van der Waals surface area contributed by atoms with Gasteiger partial charge in [-0.1, -0.05) is 0 Å². The molecule has 3 fully saturated rings. The molecule has 7 nitrogen and oxygen atoms in total. The minimum Gasteiger partial charge on any atom is -0.497 e. The van der Waals surface area contributed by atoms with E-state index in [-0.39, 0.29) is 29.8 Å². The Morgan fingerprint density at radius 3 is 2.31 bits per heavy atom. The zero-order valence-corrected chi connectivity index (χ0v) is 17.0. The van der Waals surface area contributed by atoms with Crippen LogP contribution in [0.4, 0.5) is 0 Å². The Bertz CT molecular complexity index is 771. The summed E-state index contributed by atoms with van der Waals surface area (Å²) >= 11 is 0. The Labute approximate surface area is 171 Å². The molecule has 0 bridgehead atoms. The van der Waals surface area contributed by atoms with E-state index in [0.717, 1.165) is 32.2 Å². The lowest BCUT2D eigenvalue weighted by atomic mass is 10.0. The van der Waals surface area contributed by atoms with Gasteiger partial charge in [0.25, 0.3) is 5.91 Å². The van der Waals surface area contributed by atoms with Crippen LogP contribution in [0.2, 0.25) is 0 Å². The maximum absolute atomic E-state index is 13.2. The number of nitrogens with zero attached hydrogens (tertiary/aromatic N) is 3. The van der Waals surface area contributed by atoms with Gasteiger partial charge in [-0.15, -0.1) is 0 Å². The summed E-state index contributed by atoms with van der Waals surface area (Å²) < 4.78 is 5.16. The number of hydrogen-bond donors (Lipinski definition) is 0. The van der Waals surface area contributed by atoms with Gasteiger partial charge in [-0.3, -0.25) is 14.4 Å². The van der Waals surface area contributed by atoms with Gasteiger partial charge in [0.15, 0.2) is 0 Å². The number of rotatable bonds is 4. The molecule has 1 aromatic rings. The Balaban J connectivity index is 1.37. The average molecular weight is 399 g/mol. The second kappa shape index (κ2) is 8.43. The smallest absolute Gasteiger partial charge is 0.254 e.